The van der Waals surface area contributed by atoms with Crippen LogP contribution in [0.1, 0.15) is 45.4 Å². The predicted octanol–water partition coefficient (Wildman–Crippen LogP) is 2.02. The molecule has 1 saturated heterocycles. The van der Waals surface area contributed by atoms with E-state index in [2.05, 4.69) is 17.1 Å². The van der Waals surface area contributed by atoms with Gasteiger partial charge in [0, 0.05) is 19.0 Å². The molecule has 2 aliphatic rings. The van der Waals surface area contributed by atoms with Crippen LogP contribution in [0.2, 0.25) is 0 Å². The third kappa shape index (κ3) is 3.44. The molecule has 0 aromatic carbocycles. The molecule has 0 unspecified atom stereocenters. The summed E-state index contributed by atoms with van der Waals surface area (Å²) in [5.41, 5.74) is 0. The Bertz CT molecular complexity index is 241. The Hall–Kier alpha value is -0.570. The molecule has 98 valence electrons. The smallest absolute Gasteiger partial charge is 0.225 e. The van der Waals surface area contributed by atoms with Gasteiger partial charge < -0.3 is 10.2 Å². The zero-order chi connectivity index (χ0) is 12.1. The summed E-state index contributed by atoms with van der Waals surface area (Å²) >= 11 is 0. The molecule has 0 atom stereocenters. The van der Waals surface area contributed by atoms with Crippen LogP contribution in [-0.4, -0.2) is 37.0 Å². The topological polar surface area (TPSA) is 32.3 Å². The van der Waals surface area contributed by atoms with E-state index in [0.717, 1.165) is 44.9 Å². The molecule has 1 saturated carbocycles. The third-order valence-electron chi connectivity index (χ3n) is 4.31. The van der Waals surface area contributed by atoms with Gasteiger partial charge in [0.2, 0.25) is 5.91 Å². The van der Waals surface area contributed by atoms with Crippen LogP contribution in [0.15, 0.2) is 0 Å². The lowest BCUT2D eigenvalue weighted by molar-refractivity contribution is -0.136. The van der Waals surface area contributed by atoms with E-state index in [1.165, 1.54) is 25.7 Å². The van der Waals surface area contributed by atoms with Crippen molar-refractivity contribution in [2.45, 2.75) is 45.4 Å². The van der Waals surface area contributed by atoms with Crippen LogP contribution in [0, 0.1) is 11.8 Å². The first kappa shape index (κ1) is 12.9. The molecule has 0 aromatic rings. The van der Waals surface area contributed by atoms with Crippen molar-refractivity contribution < 1.29 is 4.79 Å². The van der Waals surface area contributed by atoms with Gasteiger partial charge in [0.05, 0.1) is 0 Å². The monoisotopic (exact) mass is 238 g/mol. The average Bonchev–Trinajstić information content (AvgIpc) is 2.90. The maximum atomic E-state index is 12.2. The van der Waals surface area contributed by atoms with Gasteiger partial charge in [-0.15, -0.1) is 0 Å². The quantitative estimate of drug-likeness (QED) is 0.812. The summed E-state index contributed by atoms with van der Waals surface area (Å²) in [6, 6.07) is 0. The van der Waals surface area contributed by atoms with Gasteiger partial charge in [-0.25, -0.2) is 0 Å². The first-order chi connectivity index (χ1) is 8.31. The molecule has 17 heavy (non-hydrogen) atoms. The Balaban J connectivity index is 1.72. The van der Waals surface area contributed by atoms with Crippen molar-refractivity contribution in [2.75, 3.05) is 26.2 Å². The van der Waals surface area contributed by atoms with Crippen LogP contribution in [0.3, 0.4) is 0 Å². The van der Waals surface area contributed by atoms with Gasteiger partial charge in [-0.1, -0.05) is 19.8 Å². The second-order valence-corrected chi connectivity index (χ2v) is 5.56. The van der Waals surface area contributed by atoms with Crippen LogP contribution in [0.4, 0.5) is 0 Å². The number of likely N-dealkylation sites (tertiary alicyclic amines) is 1. The summed E-state index contributed by atoms with van der Waals surface area (Å²) in [4.78, 5) is 14.4. The molecule has 0 bridgehead atoms. The van der Waals surface area contributed by atoms with E-state index in [1.807, 2.05) is 0 Å². The molecule has 0 spiro atoms. The minimum atomic E-state index is 0.361. The van der Waals surface area contributed by atoms with E-state index in [9.17, 15) is 4.79 Å². The van der Waals surface area contributed by atoms with Crippen molar-refractivity contribution in [1.29, 1.82) is 0 Å². The van der Waals surface area contributed by atoms with Crippen LogP contribution in [0.5, 0.6) is 0 Å². The molecular weight excluding hydrogens is 212 g/mol. The molecule has 1 heterocycles. The standard InChI is InChI=1S/C14H26N2O/c1-2-15-11-12-7-9-16(10-8-12)14(17)13-5-3-4-6-13/h12-13,15H,2-11H2,1H3. The third-order valence-corrected chi connectivity index (χ3v) is 4.31. The molecule has 0 aromatic heterocycles. The van der Waals surface area contributed by atoms with Gasteiger partial charge >= 0.3 is 0 Å². The van der Waals surface area contributed by atoms with Crippen molar-refractivity contribution in [1.82, 2.24) is 10.2 Å². The number of amides is 1. The van der Waals surface area contributed by atoms with Gasteiger partial charge in [0.1, 0.15) is 0 Å². The highest BCUT2D eigenvalue weighted by Crippen LogP contribution is 2.28. The largest absolute Gasteiger partial charge is 0.342 e. The number of piperidine rings is 1. The summed E-state index contributed by atoms with van der Waals surface area (Å²) < 4.78 is 0. The number of hydrogen-bond donors (Lipinski definition) is 1. The zero-order valence-electron chi connectivity index (χ0n) is 11.1. The van der Waals surface area contributed by atoms with Crippen molar-refractivity contribution in [3.8, 4) is 0 Å². The highest BCUT2D eigenvalue weighted by atomic mass is 16.2. The highest BCUT2D eigenvalue weighted by molar-refractivity contribution is 5.79. The molecule has 3 nitrogen and oxygen atoms in total. The summed E-state index contributed by atoms with van der Waals surface area (Å²) in [7, 11) is 0. The molecule has 1 aliphatic carbocycles. The van der Waals surface area contributed by atoms with Crippen molar-refractivity contribution in [3.63, 3.8) is 0 Å². The van der Waals surface area contributed by atoms with E-state index in [4.69, 9.17) is 0 Å². The highest BCUT2D eigenvalue weighted by Gasteiger charge is 2.29. The predicted molar refractivity (Wildman–Crippen MR) is 69.8 cm³/mol. The van der Waals surface area contributed by atoms with Crippen LogP contribution >= 0.6 is 0 Å². The lowest BCUT2D eigenvalue weighted by Crippen LogP contribution is -2.43. The number of hydrogen-bond acceptors (Lipinski definition) is 2. The number of carbonyl (C=O) groups excluding carboxylic acids is 1. The Morgan fingerprint density at radius 3 is 2.41 bits per heavy atom. The Kier molecular flexibility index (Phi) is 4.84. The Morgan fingerprint density at radius 2 is 1.82 bits per heavy atom. The first-order valence-corrected chi connectivity index (χ1v) is 7.30. The second-order valence-electron chi connectivity index (χ2n) is 5.56. The normalized spacial score (nSPS) is 23.2. The van der Waals surface area contributed by atoms with E-state index < -0.39 is 0 Å². The molecule has 1 aliphatic heterocycles. The number of rotatable bonds is 4. The summed E-state index contributed by atoms with van der Waals surface area (Å²) in [5, 5.41) is 3.41. The van der Waals surface area contributed by atoms with E-state index >= 15 is 0 Å². The van der Waals surface area contributed by atoms with Crippen LogP contribution in [0.25, 0.3) is 0 Å². The van der Waals surface area contributed by atoms with Gasteiger partial charge in [-0.2, -0.15) is 0 Å². The lowest BCUT2D eigenvalue weighted by Gasteiger charge is -2.33. The SMILES string of the molecule is CCNCC1CCN(C(=O)C2CCCC2)CC1. The van der Waals surface area contributed by atoms with E-state index in [1.54, 1.807) is 0 Å². The summed E-state index contributed by atoms with van der Waals surface area (Å²) in [6.45, 7) is 6.32. The molecular formula is C14H26N2O. The van der Waals surface area contributed by atoms with Crippen LogP contribution in [-0.2, 0) is 4.79 Å². The maximum absolute atomic E-state index is 12.2. The number of nitrogens with zero attached hydrogens (tertiary/aromatic N) is 1. The molecule has 3 heteroatoms. The molecule has 0 radical (unpaired) electrons. The summed E-state index contributed by atoms with van der Waals surface area (Å²) in [5.74, 6) is 1.59. The lowest BCUT2D eigenvalue weighted by atomic mass is 9.95. The van der Waals surface area contributed by atoms with Crippen LogP contribution < -0.4 is 5.32 Å². The fraction of sp³-hybridized carbons (Fsp3) is 0.929. The number of carbonyl (C=O) groups is 1. The fourth-order valence-corrected chi connectivity index (χ4v) is 3.14. The molecule has 1 N–H and O–H groups in total. The summed E-state index contributed by atoms with van der Waals surface area (Å²) in [6.07, 6.45) is 7.16. The number of nitrogens with one attached hydrogen (secondary N) is 1. The van der Waals surface area contributed by atoms with E-state index in [-0.39, 0.29) is 0 Å². The zero-order valence-corrected chi connectivity index (χ0v) is 11.1. The van der Waals surface area contributed by atoms with Gasteiger partial charge in [0.25, 0.3) is 0 Å². The minimum Gasteiger partial charge on any atom is -0.342 e. The van der Waals surface area contributed by atoms with Gasteiger partial charge in [-0.3, -0.25) is 4.79 Å². The first-order valence-electron chi connectivity index (χ1n) is 7.30. The molecule has 2 rings (SSSR count). The second kappa shape index (κ2) is 6.39. The minimum absolute atomic E-state index is 0.361. The molecule has 1 amide bonds. The maximum Gasteiger partial charge on any atom is 0.225 e. The molecule has 2 fully saturated rings. The van der Waals surface area contributed by atoms with Crippen molar-refractivity contribution in [3.05, 3.63) is 0 Å². The average molecular weight is 238 g/mol. The van der Waals surface area contributed by atoms with Gasteiger partial charge in [-0.05, 0) is 44.7 Å². The van der Waals surface area contributed by atoms with Gasteiger partial charge in [0.15, 0.2) is 0 Å². The van der Waals surface area contributed by atoms with Crippen molar-refractivity contribution >= 4 is 5.91 Å². The Morgan fingerprint density at radius 1 is 1.18 bits per heavy atom. The van der Waals surface area contributed by atoms with E-state index in [0.29, 0.717) is 11.8 Å². The fourth-order valence-electron chi connectivity index (χ4n) is 3.14. The Labute approximate surface area is 105 Å². The van der Waals surface area contributed by atoms with Crippen molar-refractivity contribution in [2.24, 2.45) is 11.8 Å².